The molecule has 1 amide bonds. The average Bonchev–Trinajstić information content (AvgIpc) is 2.82. The number of para-hydroxylation sites is 2. The highest BCUT2D eigenvalue weighted by Gasteiger charge is 2.24. The molecule has 1 atom stereocenters. The SMILES string of the molecule is CCc1c(C(=O)NC[C@H]2COc3ccccc3O2)c(=O)cc(C)n1CCN1CCCCC1. The molecule has 2 aliphatic heterocycles. The Morgan fingerprint density at radius 1 is 1.12 bits per heavy atom. The fourth-order valence-electron chi connectivity index (χ4n) is 4.63. The Balaban J connectivity index is 1.45. The maximum atomic E-state index is 13.1. The summed E-state index contributed by atoms with van der Waals surface area (Å²) in [6.45, 7) is 8.54. The van der Waals surface area contributed by atoms with Gasteiger partial charge in [-0.15, -0.1) is 0 Å². The Morgan fingerprint density at radius 2 is 1.88 bits per heavy atom. The molecule has 2 aliphatic rings. The van der Waals surface area contributed by atoms with E-state index in [1.165, 1.54) is 19.3 Å². The average molecular weight is 440 g/mol. The topological polar surface area (TPSA) is 72.8 Å². The van der Waals surface area contributed by atoms with E-state index in [2.05, 4.69) is 14.8 Å². The predicted molar refractivity (Wildman–Crippen MR) is 124 cm³/mol. The monoisotopic (exact) mass is 439 g/mol. The minimum Gasteiger partial charge on any atom is -0.486 e. The fourth-order valence-corrected chi connectivity index (χ4v) is 4.63. The third kappa shape index (κ3) is 4.99. The van der Waals surface area contributed by atoms with Crippen molar-refractivity contribution >= 4 is 5.91 Å². The van der Waals surface area contributed by atoms with Crippen molar-refractivity contribution in [3.8, 4) is 11.5 Å². The summed E-state index contributed by atoms with van der Waals surface area (Å²) in [7, 11) is 0. The Kier molecular flexibility index (Phi) is 7.15. The number of nitrogens with zero attached hydrogens (tertiary/aromatic N) is 2. The number of hydrogen-bond donors (Lipinski definition) is 1. The minimum absolute atomic E-state index is 0.225. The summed E-state index contributed by atoms with van der Waals surface area (Å²) in [6.07, 6.45) is 4.12. The summed E-state index contributed by atoms with van der Waals surface area (Å²) in [5, 5.41) is 2.90. The number of aromatic nitrogens is 1. The van der Waals surface area contributed by atoms with Crippen molar-refractivity contribution in [3.63, 3.8) is 0 Å². The quantitative estimate of drug-likeness (QED) is 0.718. The number of rotatable bonds is 7. The van der Waals surface area contributed by atoms with Crippen LogP contribution in [0.4, 0.5) is 0 Å². The number of benzene rings is 1. The molecule has 3 heterocycles. The number of aryl methyl sites for hydroxylation is 1. The Hall–Kier alpha value is -2.80. The molecule has 0 unspecified atom stereocenters. The second-order valence-corrected chi connectivity index (χ2v) is 8.59. The molecule has 1 fully saturated rings. The molecule has 7 nitrogen and oxygen atoms in total. The van der Waals surface area contributed by atoms with E-state index in [1.54, 1.807) is 6.07 Å². The summed E-state index contributed by atoms with van der Waals surface area (Å²) >= 11 is 0. The van der Waals surface area contributed by atoms with Crippen LogP contribution in [0.1, 0.15) is 47.9 Å². The highest BCUT2D eigenvalue weighted by Crippen LogP contribution is 2.30. The number of hydrogen-bond acceptors (Lipinski definition) is 5. The van der Waals surface area contributed by atoms with Crippen molar-refractivity contribution < 1.29 is 14.3 Å². The van der Waals surface area contributed by atoms with Gasteiger partial charge >= 0.3 is 0 Å². The van der Waals surface area contributed by atoms with E-state index in [4.69, 9.17) is 9.47 Å². The summed E-state index contributed by atoms with van der Waals surface area (Å²) < 4.78 is 13.8. The van der Waals surface area contributed by atoms with Gasteiger partial charge in [-0.05, 0) is 51.4 Å². The Morgan fingerprint density at radius 3 is 2.62 bits per heavy atom. The van der Waals surface area contributed by atoms with Crippen molar-refractivity contribution in [3.05, 3.63) is 57.5 Å². The second kappa shape index (κ2) is 10.2. The lowest BCUT2D eigenvalue weighted by Crippen LogP contribution is -2.42. The van der Waals surface area contributed by atoms with E-state index in [-0.39, 0.29) is 29.5 Å². The van der Waals surface area contributed by atoms with Crippen molar-refractivity contribution in [2.45, 2.75) is 52.2 Å². The number of nitrogens with one attached hydrogen (secondary N) is 1. The van der Waals surface area contributed by atoms with Gasteiger partial charge < -0.3 is 24.3 Å². The standard InChI is InChI=1S/C25H33N3O4/c1-3-20-24(21(29)15-18(2)28(20)14-13-27-11-7-4-8-12-27)25(30)26-16-19-17-31-22-9-5-6-10-23(22)32-19/h5-6,9-10,15,19H,3-4,7-8,11-14,16-17H2,1-2H3,(H,26,30)/t19-/m0/s1. The van der Waals surface area contributed by atoms with Crippen LogP contribution in [0, 0.1) is 6.92 Å². The molecule has 0 radical (unpaired) electrons. The number of carbonyl (C=O) groups excluding carboxylic acids is 1. The lowest BCUT2D eigenvalue weighted by atomic mass is 10.1. The summed E-state index contributed by atoms with van der Waals surface area (Å²) in [5.74, 6) is 1.03. The molecule has 7 heteroatoms. The van der Waals surface area contributed by atoms with Crippen LogP contribution in [0.5, 0.6) is 11.5 Å². The molecular formula is C25H33N3O4. The number of fused-ring (bicyclic) bond motifs is 1. The number of likely N-dealkylation sites (tertiary alicyclic amines) is 1. The smallest absolute Gasteiger partial charge is 0.257 e. The summed E-state index contributed by atoms with van der Waals surface area (Å²) in [6, 6.07) is 9.07. The van der Waals surface area contributed by atoms with Crippen LogP contribution in [0.25, 0.3) is 0 Å². The van der Waals surface area contributed by atoms with Crippen LogP contribution >= 0.6 is 0 Å². The van der Waals surface area contributed by atoms with E-state index < -0.39 is 0 Å². The van der Waals surface area contributed by atoms with Crippen molar-refractivity contribution in [1.29, 1.82) is 0 Å². The Bertz CT molecular complexity index is 1010. The molecule has 172 valence electrons. The van der Waals surface area contributed by atoms with Crippen LogP contribution in [0.2, 0.25) is 0 Å². The van der Waals surface area contributed by atoms with Gasteiger partial charge in [-0.25, -0.2) is 0 Å². The van der Waals surface area contributed by atoms with Gasteiger partial charge in [0.05, 0.1) is 6.54 Å². The van der Waals surface area contributed by atoms with Gasteiger partial charge in [0.25, 0.3) is 5.91 Å². The molecule has 1 saturated heterocycles. The number of pyridine rings is 1. The molecule has 0 aliphatic carbocycles. The number of piperidine rings is 1. The zero-order valence-electron chi connectivity index (χ0n) is 19.1. The maximum Gasteiger partial charge on any atom is 0.257 e. The largest absolute Gasteiger partial charge is 0.486 e. The summed E-state index contributed by atoms with van der Waals surface area (Å²) in [5.41, 5.74) is 1.72. The first-order valence-corrected chi connectivity index (χ1v) is 11.7. The number of carbonyl (C=O) groups is 1. The lowest BCUT2D eigenvalue weighted by Gasteiger charge is -2.28. The maximum absolute atomic E-state index is 13.1. The van der Waals surface area contributed by atoms with E-state index in [9.17, 15) is 9.59 Å². The first-order chi connectivity index (χ1) is 15.6. The molecule has 2 aromatic rings. The van der Waals surface area contributed by atoms with Crippen molar-refractivity contribution in [2.75, 3.05) is 32.8 Å². The third-order valence-electron chi connectivity index (χ3n) is 6.33. The molecule has 1 aromatic carbocycles. The molecule has 4 rings (SSSR count). The van der Waals surface area contributed by atoms with Gasteiger partial charge in [0.15, 0.2) is 16.9 Å². The highest BCUT2D eigenvalue weighted by atomic mass is 16.6. The van der Waals surface area contributed by atoms with Gasteiger partial charge in [-0.1, -0.05) is 25.5 Å². The molecule has 0 bridgehead atoms. The Labute approximate surface area is 189 Å². The van der Waals surface area contributed by atoms with Crippen molar-refractivity contribution in [2.24, 2.45) is 0 Å². The normalized spacial score (nSPS) is 18.4. The predicted octanol–water partition coefficient (Wildman–Crippen LogP) is 2.77. The van der Waals surface area contributed by atoms with Crippen molar-refractivity contribution in [1.82, 2.24) is 14.8 Å². The zero-order chi connectivity index (χ0) is 22.5. The van der Waals surface area contributed by atoms with E-state index >= 15 is 0 Å². The van der Waals surface area contributed by atoms with Gasteiger partial charge in [-0.3, -0.25) is 9.59 Å². The first kappa shape index (κ1) is 22.4. The zero-order valence-corrected chi connectivity index (χ0v) is 19.1. The van der Waals surface area contributed by atoms with Crippen LogP contribution in [0.15, 0.2) is 35.1 Å². The van der Waals surface area contributed by atoms with Crippen LogP contribution in [0.3, 0.4) is 0 Å². The molecule has 0 spiro atoms. The third-order valence-corrected chi connectivity index (χ3v) is 6.33. The van der Waals surface area contributed by atoms with Gasteiger partial charge in [0.1, 0.15) is 18.3 Å². The second-order valence-electron chi connectivity index (χ2n) is 8.59. The first-order valence-electron chi connectivity index (χ1n) is 11.7. The van der Waals surface area contributed by atoms with E-state index in [1.807, 2.05) is 38.1 Å². The van der Waals surface area contributed by atoms with E-state index in [0.29, 0.717) is 24.5 Å². The van der Waals surface area contributed by atoms with Gasteiger partial charge in [0.2, 0.25) is 0 Å². The van der Waals surface area contributed by atoms with E-state index in [0.717, 1.165) is 37.6 Å². The molecule has 0 saturated carbocycles. The highest BCUT2D eigenvalue weighted by molar-refractivity contribution is 5.95. The van der Waals surface area contributed by atoms with Crippen LogP contribution in [-0.4, -0.2) is 54.3 Å². The lowest BCUT2D eigenvalue weighted by molar-refractivity contribution is 0.0787. The minimum atomic E-state index is -0.346. The van der Waals surface area contributed by atoms with Crippen LogP contribution in [-0.2, 0) is 13.0 Å². The fraction of sp³-hybridized carbons (Fsp3) is 0.520. The summed E-state index contributed by atoms with van der Waals surface area (Å²) in [4.78, 5) is 28.3. The number of ether oxygens (including phenoxy) is 2. The molecule has 1 N–H and O–H groups in total. The molecule has 32 heavy (non-hydrogen) atoms. The van der Waals surface area contributed by atoms with Crippen LogP contribution < -0.4 is 20.2 Å². The molecule has 1 aromatic heterocycles. The molecular weight excluding hydrogens is 406 g/mol. The van der Waals surface area contributed by atoms with Gasteiger partial charge in [-0.2, -0.15) is 0 Å². The van der Waals surface area contributed by atoms with Gasteiger partial charge in [0, 0.05) is 30.5 Å². The number of amides is 1.